The zero-order chi connectivity index (χ0) is 9.19. The molecule has 1 fully saturated rings. The zero-order valence-corrected chi connectivity index (χ0v) is 9.64. The van der Waals surface area contributed by atoms with Gasteiger partial charge in [0, 0.05) is 6.61 Å². The van der Waals surface area contributed by atoms with E-state index >= 15 is 0 Å². The monoisotopic (exact) mass is 186 g/mol. The van der Waals surface area contributed by atoms with Crippen molar-refractivity contribution in [2.24, 2.45) is 5.92 Å². The number of aliphatic hydroxyl groups excluding tert-OH is 1. The van der Waals surface area contributed by atoms with Gasteiger partial charge in [-0.1, -0.05) is 45.3 Å². The molecule has 0 bridgehead atoms. The third kappa shape index (κ3) is 2.33. The molecule has 0 radical (unpaired) electrons. The van der Waals surface area contributed by atoms with Crippen LogP contribution >= 0.6 is 0 Å². The summed E-state index contributed by atoms with van der Waals surface area (Å²) >= 11 is 0. The van der Waals surface area contributed by atoms with Gasteiger partial charge in [0.1, 0.15) is 0 Å². The van der Waals surface area contributed by atoms with Crippen LogP contribution in [-0.2, 0) is 0 Å². The minimum absolute atomic E-state index is 0.431. The quantitative estimate of drug-likeness (QED) is 0.672. The van der Waals surface area contributed by atoms with Crippen LogP contribution in [0.3, 0.4) is 0 Å². The van der Waals surface area contributed by atoms with Gasteiger partial charge >= 0.3 is 0 Å². The van der Waals surface area contributed by atoms with Gasteiger partial charge in [-0.05, 0) is 11.5 Å². The lowest BCUT2D eigenvalue weighted by molar-refractivity contribution is 0.254. The highest BCUT2D eigenvalue weighted by atomic mass is 28.3. The van der Waals surface area contributed by atoms with Crippen molar-refractivity contribution in [3.63, 3.8) is 0 Å². The van der Waals surface area contributed by atoms with Crippen molar-refractivity contribution >= 4 is 8.07 Å². The highest BCUT2D eigenvalue weighted by Gasteiger charge is 2.34. The molecule has 0 amide bonds. The molecular weight excluding hydrogens is 164 g/mol. The fraction of sp³-hybridized carbons (Fsp3) is 1.00. The molecule has 0 saturated heterocycles. The Morgan fingerprint density at radius 1 is 1.25 bits per heavy atom. The summed E-state index contributed by atoms with van der Waals surface area (Å²) in [6, 6.07) is 0. The van der Waals surface area contributed by atoms with Crippen LogP contribution in [0.5, 0.6) is 0 Å². The van der Waals surface area contributed by atoms with Crippen molar-refractivity contribution in [3.8, 4) is 0 Å². The van der Waals surface area contributed by atoms with Gasteiger partial charge in [-0.25, -0.2) is 0 Å². The van der Waals surface area contributed by atoms with Crippen molar-refractivity contribution in [1.29, 1.82) is 0 Å². The number of aliphatic hydroxyl groups is 1. The summed E-state index contributed by atoms with van der Waals surface area (Å²) < 4.78 is 0. The maximum atomic E-state index is 9.36. The minimum atomic E-state index is -1.10. The Bertz CT molecular complexity index is 133. The van der Waals surface area contributed by atoms with E-state index in [-0.39, 0.29) is 0 Å². The summed E-state index contributed by atoms with van der Waals surface area (Å²) in [5.74, 6) is 0.849. The van der Waals surface area contributed by atoms with Crippen LogP contribution in [-0.4, -0.2) is 19.8 Å². The van der Waals surface area contributed by atoms with Gasteiger partial charge in [-0.15, -0.1) is 0 Å². The predicted octanol–water partition coefficient (Wildman–Crippen LogP) is 2.88. The standard InChI is InChI=1S/C10H22OSi/c1-12(2,3)10(8-11)9-6-4-5-7-9/h9-11H,4-8H2,1-3H3. The first-order valence-electron chi connectivity index (χ1n) is 5.16. The molecule has 1 nitrogen and oxygen atoms in total. The Hall–Kier alpha value is 0.177. The lowest BCUT2D eigenvalue weighted by atomic mass is 10.0. The average Bonchev–Trinajstić information content (AvgIpc) is 2.38. The first kappa shape index (κ1) is 10.3. The fourth-order valence-corrected chi connectivity index (χ4v) is 4.79. The van der Waals surface area contributed by atoms with Gasteiger partial charge < -0.3 is 5.11 Å². The predicted molar refractivity (Wildman–Crippen MR) is 56.1 cm³/mol. The van der Waals surface area contributed by atoms with E-state index in [1.807, 2.05) is 0 Å². The summed E-state index contributed by atoms with van der Waals surface area (Å²) in [5, 5.41) is 9.36. The first-order valence-corrected chi connectivity index (χ1v) is 8.74. The van der Waals surface area contributed by atoms with E-state index in [0.717, 1.165) is 5.92 Å². The third-order valence-electron chi connectivity index (χ3n) is 3.28. The second kappa shape index (κ2) is 3.92. The molecule has 2 heteroatoms. The van der Waals surface area contributed by atoms with Crippen LogP contribution in [0.25, 0.3) is 0 Å². The molecule has 1 atom stereocenters. The van der Waals surface area contributed by atoms with E-state index in [1.54, 1.807) is 0 Å². The largest absolute Gasteiger partial charge is 0.396 e. The molecule has 1 unspecified atom stereocenters. The summed E-state index contributed by atoms with van der Waals surface area (Å²) in [4.78, 5) is 0. The molecule has 72 valence electrons. The Kier molecular flexibility index (Phi) is 3.35. The number of rotatable bonds is 3. The topological polar surface area (TPSA) is 20.2 Å². The lowest BCUT2D eigenvalue weighted by Crippen LogP contribution is -2.34. The van der Waals surface area contributed by atoms with E-state index in [0.29, 0.717) is 12.1 Å². The Balaban J connectivity index is 2.54. The summed E-state index contributed by atoms with van der Waals surface area (Å²) in [5.41, 5.74) is 0.653. The van der Waals surface area contributed by atoms with Crippen LogP contribution in [0.4, 0.5) is 0 Å². The summed E-state index contributed by atoms with van der Waals surface area (Å²) in [7, 11) is -1.10. The van der Waals surface area contributed by atoms with Crippen molar-refractivity contribution in [2.75, 3.05) is 6.61 Å². The molecule has 12 heavy (non-hydrogen) atoms. The van der Waals surface area contributed by atoms with Crippen molar-refractivity contribution in [2.45, 2.75) is 50.9 Å². The van der Waals surface area contributed by atoms with E-state index in [1.165, 1.54) is 25.7 Å². The Labute approximate surface area is 77.2 Å². The minimum Gasteiger partial charge on any atom is -0.396 e. The van der Waals surface area contributed by atoms with Crippen LogP contribution < -0.4 is 0 Å². The SMILES string of the molecule is C[Si](C)(C)C(CO)C1CCCC1. The Morgan fingerprint density at radius 3 is 2.08 bits per heavy atom. The van der Waals surface area contributed by atoms with Crippen molar-refractivity contribution < 1.29 is 5.11 Å². The van der Waals surface area contributed by atoms with E-state index in [9.17, 15) is 5.11 Å². The van der Waals surface area contributed by atoms with Crippen molar-refractivity contribution in [1.82, 2.24) is 0 Å². The maximum Gasteiger partial charge on any atom is 0.0503 e. The second-order valence-corrected chi connectivity index (χ2v) is 10.7. The number of hydrogen-bond acceptors (Lipinski definition) is 1. The molecule has 0 heterocycles. The van der Waals surface area contributed by atoms with Gasteiger partial charge in [-0.2, -0.15) is 0 Å². The van der Waals surface area contributed by atoms with Gasteiger partial charge in [0.05, 0.1) is 8.07 Å². The Morgan fingerprint density at radius 2 is 1.75 bits per heavy atom. The molecule has 1 saturated carbocycles. The normalized spacial score (nSPS) is 23.0. The number of hydrogen-bond donors (Lipinski definition) is 1. The van der Waals surface area contributed by atoms with Crippen molar-refractivity contribution in [3.05, 3.63) is 0 Å². The molecule has 0 aromatic carbocycles. The van der Waals surface area contributed by atoms with Gasteiger partial charge in [0.15, 0.2) is 0 Å². The average molecular weight is 186 g/mol. The van der Waals surface area contributed by atoms with Gasteiger partial charge in [0.2, 0.25) is 0 Å². The molecule has 1 aliphatic rings. The molecule has 0 aromatic rings. The van der Waals surface area contributed by atoms with Gasteiger partial charge in [0.25, 0.3) is 0 Å². The van der Waals surface area contributed by atoms with Crippen LogP contribution in [0.2, 0.25) is 25.2 Å². The smallest absolute Gasteiger partial charge is 0.0503 e. The zero-order valence-electron chi connectivity index (χ0n) is 8.64. The highest BCUT2D eigenvalue weighted by molar-refractivity contribution is 6.77. The van der Waals surface area contributed by atoms with E-state index < -0.39 is 8.07 Å². The molecular formula is C10H22OSi. The highest BCUT2D eigenvalue weighted by Crippen LogP contribution is 2.39. The molecule has 0 aromatic heterocycles. The molecule has 0 spiro atoms. The first-order chi connectivity index (χ1) is 5.55. The van der Waals surface area contributed by atoms with Gasteiger partial charge in [-0.3, -0.25) is 0 Å². The molecule has 1 rings (SSSR count). The lowest BCUT2D eigenvalue weighted by Gasteiger charge is -2.32. The third-order valence-corrected chi connectivity index (χ3v) is 6.16. The molecule has 0 aliphatic heterocycles. The second-order valence-electron chi connectivity index (χ2n) is 5.20. The van der Waals surface area contributed by atoms with E-state index in [4.69, 9.17) is 0 Å². The van der Waals surface area contributed by atoms with Crippen LogP contribution in [0.15, 0.2) is 0 Å². The molecule has 1 aliphatic carbocycles. The molecule has 1 N–H and O–H groups in total. The van der Waals surface area contributed by atoms with Crippen LogP contribution in [0, 0.1) is 5.92 Å². The summed E-state index contributed by atoms with van der Waals surface area (Å²) in [6.07, 6.45) is 5.53. The summed E-state index contributed by atoms with van der Waals surface area (Å²) in [6.45, 7) is 7.57. The van der Waals surface area contributed by atoms with E-state index in [2.05, 4.69) is 19.6 Å². The maximum absolute atomic E-state index is 9.36. The fourth-order valence-electron chi connectivity index (χ4n) is 2.49. The van der Waals surface area contributed by atoms with Crippen LogP contribution in [0.1, 0.15) is 25.7 Å².